The normalized spacial score (nSPS) is 11.3. The Kier molecular flexibility index (Phi) is 4.69. The number of phenols is 1. The lowest BCUT2D eigenvalue weighted by Crippen LogP contribution is -2.16. The number of hydrogen-bond acceptors (Lipinski definition) is 2. The van der Waals surface area contributed by atoms with Crippen LogP contribution < -0.4 is 5.32 Å². The average molecular weight is 338 g/mol. The van der Waals surface area contributed by atoms with Crippen LogP contribution in [0.5, 0.6) is 5.75 Å². The van der Waals surface area contributed by atoms with Gasteiger partial charge in [0.15, 0.2) is 0 Å². The minimum atomic E-state index is -0.339. The molecule has 2 N–H and O–H groups in total. The molecule has 0 bridgehead atoms. The molecule has 0 saturated heterocycles. The van der Waals surface area contributed by atoms with E-state index in [9.17, 15) is 9.90 Å². The van der Waals surface area contributed by atoms with Crippen molar-refractivity contribution < 1.29 is 9.90 Å². The first-order valence-corrected chi connectivity index (χ1v) is 7.54. The standard InChI is InChI=1S/C17H17Cl2NO2/c1-17(2,3)11-8-10(9-13(19)15(11)21)16(22)20-14-7-5-4-6-12(14)18/h4-9,21H,1-3H3,(H,20,22). The van der Waals surface area contributed by atoms with Gasteiger partial charge < -0.3 is 10.4 Å². The summed E-state index contributed by atoms with van der Waals surface area (Å²) >= 11 is 12.1. The molecule has 0 heterocycles. The fourth-order valence-electron chi connectivity index (χ4n) is 2.06. The van der Waals surface area contributed by atoms with Gasteiger partial charge in [0.25, 0.3) is 5.91 Å². The molecule has 2 aromatic carbocycles. The van der Waals surface area contributed by atoms with Gasteiger partial charge in [-0.2, -0.15) is 0 Å². The lowest BCUT2D eigenvalue weighted by Gasteiger charge is -2.22. The van der Waals surface area contributed by atoms with Crippen molar-refractivity contribution in [1.82, 2.24) is 0 Å². The van der Waals surface area contributed by atoms with Crippen molar-refractivity contribution in [1.29, 1.82) is 0 Å². The number of anilines is 1. The minimum absolute atomic E-state index is 0.00320. The number of para-hydroxylation sites is 1. The zero-order chi connectivity index (χ0) is 16.5. The van der Waals surface area contributed by atoms with Crippen LogP contribution >= 0.6 is 23.2 Å². The molecule has 1 amide bonds. The molecule has 0 aromatic heterocycles. The van der Waals surface area contributed by atoms with Gasteiger partial charge in [0, 0.05) is 11.1 Å². The largest absolute Gasteiger partial charge is 0.506 e. The van der Waals surface area contributed by atoms with Crippen molar-refractivity contribution in [2.45, 2.75) is 26.2 Å². The van der Waals surface area contributed by atoms with Gasteiger partial charge in [0.2, 0.25) is 0 Å². The third kappa shape index (κ3) is 3.54. The van der Waals surface area contributed by atoms with Crippen molar-refractivity contribution in [2.24, 2.45) is 0 Å². The average Bonchev–Trinajstić information content (AvgIpc) is 2.42. The maximum atomic E-state index is 12.4. The molecule has 0 atom stereocenters. The van der Waals surface area contributed by atoms with Crippen LogP contribution in [-0.4, -0.2) is 11.0 Å². The highest BCUT2D eigenvalue weighted by molar-refractivity contribution is 6.34. The summed E-state index contributed by atoms with van der Waals surface area (Å²) in [6, 6.07) is 10.1. The Hall–Kier alpha value is -1.71. The summed E-state index contributed by atoms with van der Waals surface area (Å²) < 4.78 is 0. The molecule has 3 nitrogen and oxygen atoms in total. The van der Waals surface area contributed by atoms with Gasteiger partial charge in [0.1, 0.15) is 5.75 Å². The number of amides is 1. The molecular weight excluding hydrogens is 321 g/mol. The SMILES string of the molecule is CC(C)(C)c1cc(C(=O)Nc2ccccc2Cl)cc(Cl)c1O. The Morgan fingerprint density at radius 1 is 1.09 bits per heavy atom. The number of carbonyl (C=O) groups is 1. The summed E-state index contributed by atoms with van der Waals surface area (Å²) in [4.78, 5) is 12.4. The molecule has 0 radical (unpaired) electrons. The lowest BCUT2D eigenvalue weighted by molar-refractivity contribution is 0.102. The highest BCUT2D eigenvalue weighted by atomic mass is 35.5. The first kappa shape index (κ1) is 16.7. The third-order valence-electron chi connectivity index (χ3n) is 3.26. The zero-order valence-electron chi connectivity index (χ0n) is 12.6. The number of aromatic hydroxyl groups is 1. The van der Waals surface area contributed by atoms with Gasteiger partial charge in [-0.25, -0.2) is 0 Å². The Labute approximate surface area is 139 Å². The second-order valence-corrected chi connectivity index (χ2v) is 6.85. The number of phenolic OH excluding ortho intramolecular Hbond substituents is 1. The fourth-order valence-corrected chi connectivity index (χ4v) is 2.46. The van der Waals surface area contributed by atoms with Gasteiger partial charge in [-0.05, 0) is 29.7 Å². The van der Waals surface area contributed by atoms with Crippen LogP contribution in [0.1, 0.15) is 36.7 Å². The van der Waals surface area contributed by atoms with E-state index in [1.807, 2.05) is 20.8 Å². The van der Waals surface area contributed by atoms with Crippen molar-refractivity contribution in [3.05, 3.63) is 57.6 Å². The summed E-state index contributed by atoms with van der Waals surface area (Å²) in [5.41, 5.74) is 1.17. The van der Waals surface area contributed by atoms with Gasteiger partial charge in [-0.15, -0.1) is 0 Å². The van der Waals surface area contributed by atoms with Crippen LogP contribution in [-0.2, 0) is 5.41 Å². The molecule has 2 aromatic rings. The second kappa shape index (κ2) is 6.19. The predicted molar refractivity (Wildman–Crippen MR) is 91.2 cm³/mol. The summed E-state index contributed by atoms with van der Waals surface area (Å²) in [5.74, 6) is -0.330. The maximum Gasteiger partial charge on any atom is 0.255 e. The van der Waals surface area contributed by atoms with Crippen LogP contribution in [0.4, 0.5) is 5.69 Å². The van der Waals surface area contributed by atoms with E-state index in [0.717, 1.165) is 0 Å². The predicted octanol–water partition coefficient (Wildman–Crippen LogP) is 5.25. The molecule has 0 aliphatic carbocycles. The van der Waals surface area contributed by atoms with Crippen molar-refractivity contribution in [3.63, 3.8) is 0 Å². The zero-order valence-corrected chi connectivity index (χ0v) is 14.1. The topological polar surface area (TPSA) is 49.3 Å². The van der Waals surface area contributed by atoms with Gasteiger partial charge in [0.05, 0.1) is 15.7 Å². The lowest BCUT2D eigenvalue weighted by atomic mass is 9.85. The fraction of sp³-hybridized carbons (Fsp3) is 0.235. The van der Waals surface area contributed by atoms with E-state index in [4.69, 9.17) is 23.2 Å². The summed E-state index contributed by atoms with van der Waals surface area (Å²) in [7, 11) is 0. The Morgan fingerprint density at radius 3 is 2.32 bits per heavy atom. The summed E-state index contributed by atoms with van der Waals surface area (Å²) in [6.45, 7) is 5.82. The van der Waals surface area contributed by atoms with E-state index in [0.29, 0.717) is 21.8 Å². The quantitative estimate of drug-likeness (QED) is 0.786. The van der Waals surface area contributed by atoms with E-state index in [-0.39, 0.29) is 22.1 Å². The van der Waals surface area contributed by atoms with E-state index >= 15 is 0 Å². The van der Waals surface area contributed by atoms with Gasteiger partial charge >= 0.3 is 0 Å². The van der Waals surface area contributed by atoms with Crippen LogP contribution in [0.2, 0.25) is 10.0 Å². The number of benzene rings is 2. The molecule has 0 aliphatic rings. The number of hydrogen-bond donors (Lipinski definition) is 2. The smallest absolute Gasteiger partial charge is 0.255 e. The van der Waals surface area contributed by atoms with Crippen LogP contribution in [0, 0.1) is 0 Å². The van der Waals surface area contributed by atoms with E-state index in [1.165, 1.54) is 6.07 Å². The van der Waals surface area contributed by atoms with E-state index in [2.05, 4.69) is 5.32 Å². The van der Waals surface area contributed by atoms with Crippen molar-refractivity contribution in [3.8, 4) is 5.75 Å². The Balaban J connectivity index is 2.39. The van der Waals surface area contributed by atoms with Crippen LogP contribution in [0.15, 0.2) is 36.4 Å². The monoisotopic (exact) mass is 337 g/mol. The first-order chi connectivity index (χ1) is 10.2. The van der Waals surface area contributed by atoms with E-state index < -0.39 is 0 Å². The molecule has 22 heavy (non-hydrogen) atoms. The van der Waals surface area contributed by atoms with Gasteiger partial charge in [-0.1, -0.05) is 56.1 Å². The highest BCUT2D eigenvalue weighted by Crippen LogP contribution is 2.37. The van der Waals surface area contributed by atoms with E-state index in [1.54, 1.807) is 30.3 Å². The molecule has 0 unspecified atom stereocenters. The number of halogens is 2. The number of rotatable bonds is 2. The first-order valence-electron chi connectivity index (χ1n) is 6.79. The van der Waals surface area contributed by atoms with Gasteiger partial charge in [-0.3, -0.25) is 4.79 Å². The molecule has 0 fully saturated rings. The summed E-state index contributed by atoms with van der Waals surface area (Å²) in [6.07, 6.45) is 0. The third-order valence-corrected chi connectivity index (χ3v) is 3.87. The van der Waals surface area contributed by atoms with Crippen molar-refractivity contribution in [2.75, 3.05) is 5.32 Å². The number of nitrogens with one attached hydrogen (secondary N) is 1. The molecule has 2 rings (SSSR count). The minimum Gasteiger partial charge on any atom is -0.506 e. The molecular formula is C17H17Cl2NO2. The Morgan fingerprint density at radius 2 is 1.73 bits per heavy atom. The molecule has 116 valence electrons. The molecule has 5 heteroatoms. The Bertz CT molecular complexity index is 721. The van der Waals surface area contributed by atoms with Crippen molar-refractivity contribution >= 4 is 34.8 Å². The molecule has 0 spiro atoms. The highest BCUT2D eigenvalue weighted by Gasteiger charge is 2.22. The second-order valence-electron chi connectivity index (χ2n) is 6.04. The maximum absolute atomic E-state index is 12.4. The van der Waals surface area contributed by atoms with Crippen LogP contribution in [0.25, 0.3) is 0 Å². The molecule has 0 saturated carbocycles. The summed E-state index contributed by atoms with van der Waals surface area (Å²) in [5, 5.41) is 13.4. The van der Waals surface area contributed by atoms with Crippen LogP contribution in [0.3, 0.4) is 0 Å². The number of carbonyl (C=O) groups excluding carboxylic acids is 1. The molecule has 0 aliphatic heterocycles.